The van der Waals surface area contributed by atoms with Crippen molar-refractivity contribution in [3.8, 4) is 93.6 Å². The van der Waals surface area contributed by atoms with E-state index in [-0.39, 0.29) is 46.1 Å². The quantitative estimate of drug-likeness (QED) is 0.233. The second-order valence-electron chi connectivity index (χ2n) is 10.0. The Morgan fingerprint density at radius 2 is 0.796 bits per heavy atom. The maximum atomic E-state index is 10.0. The molecule has 49 heavy (non-hydrogen) atoms. The van der Waals surface area contributed by atoms with Gasteiger partial charge in [0.1, 0.15) is 59.7 Å². The third-order valence-corrected chi connectivity index (χ3v) is 8.84. The lowest BCUT2D eigenvalue weighted by Gasteiger charge is -2.08. The summed E-state index contributed by atoms with van der Waals surface area (Å²) < 4.78 is 0. The third kappa shape index (κ3) is 4.33. The molecule has 0 N–H and O–H groups in total. The summed E-state index contributed by atoms with van der Waals surface area (Å²) in [7, 11) is 0. The summed E-state index contributed by atoms with van der Waals surface area (Å²) in [5, 5.41) is 77.6. The van der Waals surface area contributed by atoms with Gasteiger partial charge in [-0.05, 0) is 34.4 Å². The molecule has 0 saturated heterocycles. The summed E-state index contributed by atoms with van der Waals surface area (Å²) >= 11 is 1.21. The Morgan fingerprint density at radius 1 is 0.449 bits per heavy atom. The number of fused-ring (bicyclic) bond motifs is 7. The molecule has 0 amide bonds. The number of rotatable bonds is 2. The summed E-state index contributed by atoms with van der Waals surface area (Å²) in [6.45, 7) is 0. The Kier molecular flexibility index (Phi) is 6.68. The SMILES string of the molecule is N#CC(C#N)=C1c2cc(-c3nc(C#N)nc(C#N)n3)ccc2-c2c1sc1c2-c2ccc(-c3nc(C#N)nc(C#N)n3)cc2C1=C(C#N)C#N. The molecule has 218 valence electrons. The van der Waals surface area contributed by atoms with Crippen molar-refractivity contribution in [1.29, 1.82) is 42.1 Å². The van der Waals surface area contributed by atoms with Crippen LogP contribution < -0.4 is 0 Å². The molecule has 0 spiro atoms. The lowest BCUT2D eigenvalue weighted by Crippen LogP contribution is -2.01. The third-order valence-electron chi connectivity index (χ3n) is 7.61. The van der Waals surface area contributed by atoms with Gasteiger partial charge in [-0.1, -0.05) is 24.3 Å². The first-order chi connectivity index (χ1) is 23.9. The van der Waals surface area contributed by atoms with Gasteiger partial charge in [0.15, 0.2) is 11.6 Å². The Labute approximate surface area is 279 Å². The number of aromatic nitrogens is 6. The minimum absolute atomic E-state index is 0.0504. The van der Waals surface area contributed by atoms with Crippen LogP contribution in [0.5, 0.6) is 0 Å². The van der Waals surface area contributed by atoms with E-state index in [1.54, 1.807) is 36.4 Å². The highest BCUT2D eigenvalue weighted by Crippen LogP contribution is 2.61. The molecule has 0 saturated carbocycles. The maximum Gasteiger partial charge on any atom is 0.236 e. The summed E-state index contributed by atoms with van der Waals surface area (Å²) in [6, 6.07) is 25.3. The molecule has 14 nitrogen and oxygen atoms in total. The van der Waals surface area contributed by atoms with Gasteiger partial charge >= 0.3 is 0 Å². The van der Waals surface area contributed by atoms with Gasteiger partial charge in [0.25, 0.3) is 0 Å². The normalized spacial score (nSPS) is 11.0. The van der Waals surface area contributed by atoms with Gasteiger partial charge in [0.05, 0.1) is 0 Å². The minimum Gasteiger partial charge on any atom is -0.199 e. The van der Waals surface area contributed by atoms with Crippen LogP contribution >= 0.6 is 11.3 Å². The van der Waals surface area contributed by atoms with Crippen molar-refractivity contribution in [2.24, 2.45) is 0 Å². The van der Waals surface area contributed by atoms with Crippen LogP contribution in [0.15, 0.2) is 47.5 Å². The van der Waals surface area contributed by atoms with Crippen LogP contribution in [0.25, 0.3) is 56.2 Å². The molecule has 0 radical (unpaired) electrons. The van der Waals surface area contributed by atoms with Crippen molar-refractivity contribution >= 4 is 22.5 Å². The molecule has 5 aromatic rings. The molecule has 3 heterocycles. The predicted octanol–water partition coefficient (Wildman–Crippen LogP) is 4.60. The highest BCUT2D eigenvalue weighted by atomic mass is 32.1. The van der Waals surface area contributed by atoms with E-state index in [4.69, 9.17) is 0 Å². The fourth-order valence-corrected chi connectivity index (χ4v) is 7.20. The van der Waals surface area contributed by atoms with Crippen LogP contribution in [0, 0.1) is 90.6 Å². The number of hydrogen-bond donors (Lipinski definition) is 0. The first-order valence-electron chi connectivity index (χ1n) is 13.6. The van der Waals surface area contributed by atoms with Crippen LogP contribution in [0.4, 0.5) is 0 Å². The van der Waals surface area contributed by atoms with E-state index in [2.05, 4.69) is 29.9 Å². The topological polar surface area (TPSA) is 268 Å². The van der Waals surface area contributed by atoms with Crippen molar-refractivity contribution in [2.75, 3.05) is 0 Å². The number of nitriles is 8. The lowest BCUT2D eigenvalue weighted by molar-refractivity contribution is 0.995. The summed E-state index contributed by atoms with van der Waals surface area (Å²) in [4.78, 5) is 25.2. The summed E-state index contributed by atoms with van der Waals surface area (Å²) in [5.74, 6) is -0.916. The lowest BCUT2D eigenvalue weighted by atomic mass is 9.96. The van der Waals surface area contributed by atoms with Crippen molar-refractivity contribution in [3.05, 3.63) is 91.7 Å². The Bertz CT molecular complexity index is 2530. The first kappa shape index (κ1) is 29.3. The van der Waals surface area contributed by atoms with E-state index in [1.807, 2.05) is 48.6 Å². The van der Waals surface area contributed by atoms with Crippen LogP contribution in [0.3, 0.4) is 0 Å². The molecule has 0 unspecified atom stereocenters. The number of allylic oxidation sites excluding steroid dienone is 2. The van der Waals surface area contributed by atoms with Crippen LogP contribution in [0.1, 0.15) is 44.2 Å². The number of nitrogens with zero attached hydrogens (tertiary/aromatic N) is 14. The highest BCUT2D eigenvalue weighted by molar-refractivity contribution is 7.16. The second-order valence-corrected chi connectivity index (χ2v) is 11.1. The van der Waals surface area contributed by atoms with E-state index in [0.29, 0.717) is 65.4 Å². The van der Waals surface area contributed by atoms with Crippen LogP contribution in [-0.4, -0.2) is 29.9 Å². The Morgan fingerprint density at radius 3 is 1.10 bits per heavy atom. The molecule has 0 bridgehead atoms. The molecule has 2 aliphatic carbocycles. The van der Waals surface area contributed by atoms with E-state index in [0.717, 1.165) is 0 Å². The van der Waals surface area contributed by atoms with E-state index >= 15 is 0 Å². The molecule has 7 rings (SSSR count). The molecule has 2 aromatic carbocycles. The largest absolute Gasteiger partial charge is 0.236 e. The van der Waals surface area contributed by atoms with Gasteiger partial charge in [0.2, 0.25) is 23.3 Å². The van der Waals surface area contributed by atoms with Crippen molar-refractivity contribution < 1.29 is 0 Å². The molecule has 0 fully saturated rings. The first-order valence-corrected chi connectivity index (χ1v) is 14.4. The van der Waals surface area contributed by atoms with Gasteiger partial charge in [-0.15, -0.1) is 11.3 Å². The van der Waals surface area contributed by atoms with Gasteiger partial charge < -0.3 is 0 Å². The number of benzene rings is 2. The van der Waals surface area contributed by atoms with Gasteiger partial charge in [0, 0.05) is 43.2 Å². The Hall–Kier alpha value is -8.44. The molecular weight excluding hydrogens is 637 g/mol. The smallest absolute Gasteiger partial charge is 0.199 e. The zero-order valence-electron chi connectivity index (χ0n) is 24.1. The zero-order valence-corrected chi connectivity index (χ0v) is 24.9. The van der Waals surface area contributed by atoms with Crippen LogP contribution in [0.2, 0.25) is 0 Å². The molecule has 15 heteroatoms. The van der Waals surface area contributed by atoms with Crippen molar-refractivity contribution in [3.63, 3.8) is 0 Å². The maximum absolute atomic E-state index is 10.0. The summed E-state index contributed by atoms with van der Waals surface area (Å²) in [5.41, 5.74) is 4.75. The zero-order chi connectivity index (χ0) is 34.4. The van der Waals surface area contributed by atoms with Gasteiger partial charge in [-0.2, -0.15) is 72.0 Å². The molecular formula is C34H6N14S. The van der Waals surface area contributed by atoms with Gasteiger partial charge in [-0.25, -0.2) is 0 Å². The van der Waals surface area contributed by atoms with Gasteiger partial charge in [-0.3, -0.25) is 0 Å². The van der Waals surface area contributed by atoms with E-state index < -0.39 is 0 Å². The molecule has 3 aromatic heterocycles. The number of hydrogen-bond acceptors (Lipinski definition) is 15. The van der Waals surface area contributed by atoms with E-state index in [1.165, 1.54) is 11.3 Å². The highest BCUT2D eigenvalue weighted by Gasteiger charge is 2.39. The monoisotopic (exact) mass is 642 g/mol. The summed E-state index contributed by atoms with van der Waals surface area (Å²) in [6.07, 6.45) is 0. The minimum atomic E-state index is -0.254. The molecule has 0 atom stereocenters. The Balaban J connectivity index is 1.51. The van der Waals surface area contributed by atoms with Crippen molar-refractivity contribution in [1.82, 2.24) is 29.9 Å². The number of thiophene rings is 1. The standard InChI is InChI=1S/C34H6N14S/c35-7-17(8-36)27-21-5-15(33-45-23(11-39)43-24(12-40)46-33)1-3-19(21)29-30-20-4-2-16(34-47-25(13-41)44-26(14-42)48-34)6-22(20)28(18(9-37)10-38)32(30)49-31(27)29/h1-6H. The van der Waals surface area contributed by atoms with E-state index in [9.17, 15) is 42.1 Å². The van der Waals surface area contributed by atoms with Crippen molar-refractivity contribution in [2.45, 2.75) is 0 Å². The second kappa shape index (κ2) is 11.2. The molecule has 0 aliphatic heterocycles. The molecule has 2 aliphatic rings. The fraction of sp³-hybridized carbons (Fsp3) is 0. The fourth-order valence-electron chi connectivity index (χ4n) is 5.74. The average Bonchev–Trinajstić information content (AvgIpc) is 3.78. The average molecular weight is 643 g/mol. The predicted molar refractivity (Wildman–Crippen MR) is 166 cm³/mol. The van der Waals surface area contributed by atoms with Crippen LogP contribution in [-0.2, 0) is 0 Å².